The molecule has 5 aromatic rings. The second-order valence-electron chi connectivity index (χ2n) is 9.42. The quantitative estimate of drug-likeness (QED) is 0.162. The highest BCUT2D eigenvalue weighted by Gasteiger charge is 2.07. The van der Waals surface area contributed by atoms with Crippen molar-refractivity contribution >= 4 is 11.3 Å². The van der Waals surface area contributed by atoms with Gasteiger partial charge in [-0.15, -0.1) is 11.3 Å². The van der Waals surface area contributed by atoms with Crippen LogP contribution in [0.4, 0.5) is 0 Å². The van der Waals surface area contributed by atoms with E-state index in [1.54, 1.807) is 0 Å². The Morgan fingerprint density at radius 2 is 0.789 bits per heavy atom. The van der Waals surface area contributed by atoms with Crippen LogP contribution in [0.2, 0.25) is 0 Å². The van der Waals surface area contributed by atoms with Gasteiger partial charge in [-0.05, 0) is 82.6 Å². The molecule has 0 unspecified atom stereocenters. The summed E-state index contributed by atoms with van der Waals surface area (Å²) in [5.74, 6) is 1.87. The first kappa shape index (κ1) is 25.8. The Balaban J connectivity index is 1.24. The Labute approximate surface area is 230 Å². The van der Waals surface area contributed by atoms with Crippen molar-refractivity contribution in [3.05, 3.63) is 109 Å². The fourth-order valence-corrected chi connectivity index (χ4v) is 5.36. The number of hydrogen-bond donors (Lipinski definition) is 0. The summed E-state index contributed by atoms with van der Waals surface area (Å²) in [6.45, 7) is 5.83. The van der Waals surface area contributed by atoms with Gasteiger partial charge >= 0.3 is 0 Å². The van der Waals surface area contributed by atoms with Crippen LogP contribution in [0.3, 0.4) is 0 Å². The van der Waals surface area contributed by atoms with Gasteiger partial charge in [0, 0.05) is 9.75 Å². The van der Waals surface area contributed by atoms with Crippen LogP contribution in [0.5, 0.6) is 11.5 Å². The van der Waals surface area contributed by atoms with Gasteiger partial charge in [0.25, 0.3) is 0 Å². The van der Waals surface area contributed by atoms with E-state index in [2.05, 4.69) is 111 Å². The van der Waals surface area contributed by atoms with Crippen molar-refractivity contribution in [2.45, 2.75) is 33.1 Å². The van der Waals surface area contributed by atoms with E-state index < -0.39 is 0 Å². The Kier molecular flexibility index (Phi) is 8.57. The van der Waals surface area contributed by atoms with Crippen molar-refractivity contribution < 1.29 is 9.47 Å². The minimum Gasteiger partial charge on any atom is -0.494 e. The van der Waals surface area contributed by atoms with E-state index in [4.69, 9.17) is 9.47 Å². The lowest BCUT2D eigenvalue weighted by atomic mass is 10.0. The first-order valence-electron chi connectivity index (χ1n) is 13.5. The van der Waals surface area contributed by atoms with Gasteiger partial charge in [0.05, 0.1) is 13.2 Å². The second-order valence-corrected chi connectivity index (χ2v) is 10.5. The third kappa shape index (κ3) is 6.35. The molecule has 0 aliphatic carbocycles. The lowest BCUT2D eigenvalue weighted by Crippen LogP contribution is -1.95. The average Bonchev–Trinajstić information content (AvgIpc) is 3.48. The molecule has 192 valence electrons. The number of ether oxygens (including phenoxy) is 2. The van der Waals surface area contributed by atoms with Gasteiger partial charge in [0.15, 0.2) is 0 Å². The van der Waals surface area contributed by atoms with Crippen LogP contribution in [-0.4, -0.2) is 13.2 Å². The molecule has 0 bridgehead atoms. The van der Waals surface area contributed by atoms with E-state index in [9.17, 15) is 0 Å². The van der Waals surface area contributed by atoms with Crippen LogP contribution >= 0.6 is 11.3 Å². The van der Waals surface area contributed by atoms with Crippen molar-refractivity contribution in [2.75, 3.05) is 13.2 Å². The van der Waals surface area contributed by atoms with Gasteiger partial charge < -0.3 is 9.47 Å². The molecule has 5 rings (SSSR count). The van der Waals surface area contributed by atoms with E-state index in [1.165, 1.54) is 43.1 Å². The second kappa shape index (κ2) is 12.6. The van der Waals surface area contributed by atoms with Crippen LogP contribution in [0.25, 0.3) is 43.1 Å². The van der Waals surface area contributed by atoms with Gasteiger partial charge in [0.2, 0.25) is 0 Å². The number of unbranched alkanes of at least 4 members (excludes halogenated alkanes) is 1. The monoisotopic (exact) mass is 518 g/mol. The van der Waals surface area contributed by atoms with E-state index in [0.717, 1.165) is 44.0 Å². The zero-order valence-corrected chi connectivity index (χ0v) is 23.0. The van der Waals surface area contributed by atoms with Crippen LogP contribution in [0, 0.1) is 0 Å². The third-order valence-corrected chi connectivity index (χ3v) is 7.74. The highest BCUT2D eigenvalue weighted by Crippen LogP contribution is 2.36. The molecule has 0 N–H and O–H groups in total. The molecule has 38 heavy (non-hydrogen) atoms. The zero-order valence-electron chi connectivity index (χ0n) is 22.2. The minimum atomic E-state index is 0.754. The largest absolute Gasteiger partial charge is 0.494 e. The standard InChI is InChI=1S/C35H34O2S/c1-3-5-25-37-33-20-16-29(17-21-33)27-8-12-31(13-9-27)35-23-22-34(38-35)30-10-6-26(7-11-30)28-14-18-32(19-15-28)36-24-4-2/h6-23H,3-5,24-25H2,1-2H3. The maximum atomic E-state index is 5.79. The maximum absolute atomic E-state index is 5.79. The summed E-state index contributed by atoms with van der Waals surface area (Å²) in [4.78, 5) is 2.55. The summed E-state index contributed by atoms with van der Waals surface area (Å²) in [6, 6.07) is 38.9. The Morgan fingerprint density at radius 1 is 0.421 bits per heavy atom. The molecular weight excluding hydrogens is 484 g/mol. The Morgan fingerprint density at radius 3 is 1.18 bits per heavy atom. The van der Waals surface area contributed by atoms with E-state index in [-0.39, 0.29) is 0 Å². The molecule has 0 aliphatic rings. The summed E-state index contributed by atoms with van der Waals surface area (Å²) >= 11 is 1.83. The first-order valence-corrected chi connectivity index (χ1v) is 14.3. The van der Waals surface area contributed by atoms with Crippen LogP contribution in [0.15, 0.2) is 109 Å². The van der Waals surface area contributed by atoms with Crippen molar-refractivity contribution in [1.82, 2.24) is 0 Å². The molecule has 3 heteroatoms. The summed E-state index contributed by atoms with van der Waals surface area (Å²) in [7, 11) is 0. The maximum Gasteiger partial charge on any atom is 0.119 e. The molecule has 0 aliphatic heterocycles. The number of rotatable bonds is 11. The average molecular weight is 519 g/mol. The van der Waals surface area contributed by atoms with Crippen LogP contribution in [-0.2, 0) is 0 Å². The predicted molar refractivity (Wildman–Crippen MR) is 162 cm³/mol. The SMILES string of the molecule is CCCCOc1ccc(-c2ccc(-c3ccc(-c4ccc(-c5ccc(OCCC)cc5)cc4)s3)cc2)cc1. The van der Waals surface area contributed by atoms with Crippen LogP contribution in [0.1, 0.15) is 33.1 Å². The molecule has 0 amide bonds. The molecule has 0 atom stereocenters. The fourth-order valence-electron chi connectivity index (χ4n) is 4.34. The molecule has 0 saturated heterocycles. The van der Waals surface area contributed by atoms with Gasteiger partial charge in [0.1, 0.15) is 11.5 Å². The van der Waals surface area contributed by atoms with Gasteiger partial charge in [-0.3, -0.25) is 0 Å². The lowest BCUT2D eigenvalue weighted by molar-refractivity contribution is 0.309. The van der Waals surface area contributed by atoms with Crippen molar-refractivity contribution in [1.29, 1.82) is 0 Å². The van der Waals surface area contributed by atoms with Crippen molar-refractivity contribution in [3.63, 3.8) is 0 Å². The molecular formula is C35H34O2S. The Hall–Kier alpha value is -3.82. The molecule has 0 saturated carbocycles. The molecule has 4 aromatic carbocycles. The van der Waals surface area contributed by atoms with Gasteiger partial charge in [-0.25, -0.2) is 0 Å². The van der Waals surface area contributed by atoms with E-state index >= 15 is 0 Å². The fraction of sp³-hybridized carbons (Fsp3) is 0.200. The molecule has 1 aromatic heterocycles. The molecule has 0 fully saturated rings. The molecule has 0 spiro atoms. The third-order valence-electron chi connectivity index (χ3n) is 6.56. The molecule has 2 nitrogen and oxygen atoms in total. The normalized spacial score (nSPS) is 10.9. The summed E-state index contributed by atoms with van der Waals surface area (Å²) in [6.07, 6.45) is 3.25. The van der Waals surface area contributed by atoms with Gasteiger partial charge in [-0.2, -0.15) is 0 Å². The number of hydrogen-bond acceptors (Lipinski definition) is 3. The van der Waals surface area contributed by atoms with Crippen molar-refractivity contribution in [2.24, 2.45) is 0 Å². The molecule has 1 heterocycles. The zero-order chi connectivity index (χ0) is 26.2. The summed E-state index contributed by atoms with van der Waals surface area (Å²) in [5.41, 5.74) is 7.31. The van der Waals surface area contributed by atoms with Gasteiger partial charge in [-0.1, -0.05) is 93.1 Å². The smallest absolute Gasteiger partial charge is 0.119 e. The highest BCUT2D eigenvalue weighted by atomic mass is 32.1. The van der Waals surface area contributed by atoms with Crippen molar-refractivity contribution in [3.8, 4) is 54.6 Å². The predicted octanol–water partition coefficient (Wildman–Crippen LogP) is 10.4. The molecule has 0 radical (unpaired) electrons. The minimum absolute atomic E-state index is 0.754. The number of benzene rings is 4. The van der Waals surface area contributed by atoms with E-state index in [1.807, 2.05) is 23.5 Å². The topological polar surface area (TPSA) is 18.5 Å². The Bertz CT molecular complexity index is 1410. The highest BCUT2D eigenvalue weighted by molar-refractivity contribution is 7.18. The number of thiophene rings is 1. The summed E-state index contributed by atoms with van der Waals surface area (Å²) < 4.78 is 11.5. The lowest BCUT2D eigenvalue weighted by Gasteiger charge is -2.07. The first-order chi connectivity index (χ1) is 18.7. The summed E-state index contributed by atoms with van der Waals surface area (Å²) in [5, 5.41) is 0. The van der Waals surface area contributed by atoms with E-state index in [0.29, 0.717) is 0 Å². The van der Waals surface area contributed by atoms with Crippen LogP contribution < -0.4 is 9.47 Å².